The van der Waals surface area contributed by atoms with E-state index in [1.54, 1.807) is 20.8 Å². The molecule has 2 nitrogen and oxygen atoms in total. The lowest BCUT2D eigenvalue weighted by molar-refractivity contribution is -0.150. The van der Waals surface area contributed by atoms with E-state index in [-0.39, 0.29) is 0 Å². The molecule has 0 bridgehead atoms. The highest BCUT2D eigenvalue weighted by atomic mass is 19.4. The molecular weight excluding hydrogens is 195 g/mol. The molecule has 0 aromatic rings. The van der Waals surface area contributed by atoms with Crippen LogP contribution < -0.4 is 0 Å². The first-order chi connectivity index (χ1) is 6.04. The average Bonchev–Trinajstić information content (AvgIpc) is 1.95. The second kappa shape index (κ2) is 4.19. The van der Waals surface area contributed by atoms with Crippen LogP contribution >= 0.6 is 0 Å². The van der Waals surface area contributed by atoms with Gasteiger partial charge in [0.05, 0.1) is 6.42 Å². The van der Waals surface area contributed by atoms with Crippen molar-refractivity contribution >= 4 is 5.91 Å². The molecule has 0 aromatic heterocycles. The normalized spacial score (nSPS) is 12.8. The number of carbonyl (C=O) groups is 1. The van der Waals surface area contributed by atoms with Gasteiger partial charge in [-0.1, -0.05) is 0 Å². The molecule has 0 aliphatic rings. The molecule has 0 saturated carbocycles. The number of alkyl halides is 3. The molecule has 0 aliphatic carbocycles. The molecule has 1 amide bonds. The minimum Gasteiger partial charge on any atom is -0.341 e. The third-order valence-corrected chi connectivity index (χ3v) is 2.00. The molecule has 0 spiro atoms. The topological polar surface area (TPSA) is 20.3 Å². The Morgan fingerprint density at radius 1 is 1.21 bits per heavy atom. The van der Waals surface area contributed by atoms with Crippen molar-refractivity contribution in [2.45, 2.75) is 45.3 Å². The summed E-state index contributed by atoms with van der Waals surface area (Å²) in [6.07, 6.45) is -5.78. The molecule has 0 heterocycles. The van der Waals surface area contributed by atoms with Gasteiger partial charge in [-0.2, -0.15) is 13.2 Å². The Balaban J connectivity index is 4.11. The number of hydrogen-bond acceptors (Lipinski definition) is 1. The Bertz CT molecular complexity index is 205. The number of rotatable bonds is 2. The smallest absolute Gasteiger partial charge is 0.341 e. The Morgan fingerprint density at radius 3 is 1.93 bits per heavy atom. The lowest BCUT2D eigenvalue weighted by Gasteiger charge is -2.32. The first kappa shape index (κ1) is 13.3. The first-order valence-electron chi connectivity index (χ1n) is 4.37. The lowest BCUT2D eigenvalue weighted by Crippen LogP contribution is -2.42. The Labute approximate surface area is 82.1 Å². The highest BCUT2D eigenvalue weighted by Gasteiger charge is 2.30. The molecule has 0 fully saturated rings. The van der Waals surface area contributed by atoms with Gasteiger partial charge >= 0.3 is 6.18 Å². The van der Waals surface area contributed by atoms with Gasteiger partial charge in [0.2, 0.25) is 5.91 Å². The van der Waals surface area contributed by atoms with Gasteiger partial charge in [0.25, 0.3) is 0 Å². The molecule has 0 saturated heterocycles. The van der Waals surface area contributed by atoms with Crippen LogP contribution in [-0.4, -0.2) is 29.6 Å². The number of halogens is 3. The van der Waals surface area contributed by atoms with Gasteiger partial charge in [0.15, 0.2) is 0 Å². The van der Waals surface area contributed by atoms with Crippen LogP contribution in [0.25, 0.3) is 0 Å². The van der Waals surface area contributed by atoms with Crippen molar-refractivity contribution in [1.82, 2.24) is 4.90 Å². The van der Waals surface area contributed by atoms with Crippen molar-refractivity contribution in [3.8, 4) is 0 Å². The maximum Gasteiger partial charge on any atom is 0.389 e. The zero-order valence-electron chi connectivity index (χ0n) is 8.90. The minimum atomic E-state index is -4.26. The van der Waals surface area contributed by atoms with E-state index < -0.39 is 30.5 Å². The van der Waals surface area contributed by atoms with Crippen LogP contribution in [0.15, 0.2) is 0 Å². The SMILES string of the molecule is CN(C(=O)CCC(F)(F)F)C(C)(C)C. The van der Waals surface area contributed by atoms with Gasteiger partial charge in [-0.15, -0.1) is 0 Å². The van der Waals surface area contributed by atoms with Crippen molar-refractivity contribution in [3.05, 3.63) is 0 Å². The van der Waals surface area contributed by atoms with Crippen molar-refractivity contribution in [2.75, 3.05) is 7.05 Å². The van der Waals surface area contributed by atoms with Crippen molar-refractivity contribution in [1.29, 1.82) is 0 Å². The summed E-state index contributed by atoms with van der Waals surface area (Å²) in [6, 6.07) is 0. The summed E-state index contributed by atoms with van der Waals surface area (Å²) in [4.78, 5) is 12.6. The summed E-state index contributed by atoms with van der Waals surface area (Å²) >= 11 is 0. The zero-order chi connectivity index (χ0) is 11.6. The number of nitrogens with zero attached hydrogens (tertiary/aromatic N) is 1. The van der Waals surface area contributed by atoms with E-state index in [0.29, 0.717) is 0 Å². The van der Waals surface area contributed by atoms with E-state index in [1.165, 1.54) is 11.9 Å². The van der Waals surface area contributed by atoms with Gasteiger partial charge in [-0.25, -0.2) is 0 Å². The number of carbonyl (C=O) groups excluding carboxylic acids is 1. The largest absolute Gasteiger partial charge is 0.389 e. The molecule has 0 radical (unpaired) electrons. The van der Waals surface area contributed by atoms with Crippen LogP contribution in [0.4, 0.5) is 13.2 Å². The number of hydrogen-bond donors (Lipinski definition) is 0. The minimum absolute atomic E-state index is 0.428. The lowest BCUT2D eigenvalue weighted by atomic mass is 10.1. The molecule has 0 aromatic carbocycles. The molecule has 84 valence electrons. The fraction of sp³-hybridized carbons (Fsp3) is 0.889. The average molecular weight is 211 g/mol. The van der Waals surface area contributed by atoms with E-state index in [4.69, 9.17) is 0 Å². The maximum absolute atomic E-state index is 11.8. The molecule has 5 heteroatoms. The van der Waals surface area contributed by atoms with Crippen LogP contribution in [0.3, 0.4) is 0 Å². The van der Waals surface area contributed by atoms with Crippen molar-refractivity contribution in [2.24, 2.45) is 0 Å². The summed E-state index contributed by atoms with van der Waals surface area (Å²) in [7, 11) is 1.51. The third kappa shape index (κ3) is 5.09. The zero-order valence-corrected chi connectivity index (χ0v) is 8.90. The molecule has 0 unspecified atom stereocenters. The van der Waals surface area contributed by atoms with E-state index in [9.17, 15) is 18.0 Å². The van der Waals surface area contributed by atoms with Gasteiger partial charge in [0, 0.05) is 19.0 Å². The summed E-state index contributed by atoms with van der Waals surface area (Å²) in [5, 5.41) is 0. The van der Waals surface area contributed by atoms with Crippen LogP contribution in [-0.2, 0) is 4.79 Å². The Hall–Kier alpha value is -0.740. The van der Waals surface area contributed by atoms with Crippen LogP contribution in [0.1, 0.15) is 33.6 Å². The predicted octanol–water partition coefficient (Wildman–Crippen LogP) is 2.59. The molecule has 0 atom stereocenters. The van der Waals surface area contributed by atoms with E-state index >= 15 is 0 Å². The molecule has 0 N–H and O–H groups in total. The van der Waals surface area contributed by atoms with Crippen LogP contribution in [0.5, 0.6) is 0 Å². The summed E-state index contributed by atoms with van der Waals surface area (Å²) in [5.74, 6) is -0.477. The standard InChI is InChI=1S/C9H16F3NO/c1-8(2,3)13(4)7(14)5-6-9(10,11)12/h5-6H2,1-4H3. The van der Waals surface area contributed by atoms with Crippen LogP contribution in [0, 0.1) is 0 Å². The fourth-order valence-corrected chi connectivity index (χ4v) is 0.790. The summed E-state index contributed by atoms with van der Waals surface area (Å²) in [6.45, 7) is 5.33. The predicted molar refractivity (Wildman–Crippen MR) is 47.8 cm³/mol. The summed E-state index contributed by atoms with van der Waals surface area (Å²) in [5.41, 5.74) is -0.428. The highest BCUT2D eigenvalue weighted by Crippen LogP contribution is 2.22. The molecule has 14 heavy (non-hydrogen) atoms. The maximum atomic E-state index is 11.8. The third-order valence-electron chi connectivity index (χ3n) is 2.00. The van der Waals surface area contributed by atoms with Crippen LogP contribution in [0.2, 0.25) is 0 Å². The molecule has 0 aliphatic heterocycles. The summed E-state index contributed by atoms with van der Waals surface area (Å²) < 4.78 is 35.4. The molecular formula is C9H16F3NO. The Kier molecular flexibility index (Phi) is 3.97. The monoisotopic (exact) mass is 211 g/mol. The number of amides is 1. The Morgan fingerprint density at radius 2 is 1.64 bits per heavy atom. The highest BCUT2D eigenvalue weighted by molar-refractivity contribution is 5.76. The van der Waals surface area contributed by atoms with E-state index in [0.717, 1.165) is 0 Å². The van der Waals surface area contributed by atoms with Crippen molar-refractivity contribution in [3.63, 3.8) is 0 Å². The quantitative estimate of drug-likeness (QED) is 0.687. The van der Waals surface area contributed by atoms with Gasteiger partial charge in [-0.3, -0.25) is 4.79 Å². The second-order valence-electron chi connectivity index (χ2n) is 4.24. The van der Waals surface area contributed by atoms with E-state index in [2.05, 4.69) is 0 Å². The van der Waals surface area contributed by atoms with E-state index in [1.807, 2.05) is 0 Å². The molecule has 0 rings (SSSR count). The van der Waals surface area contributed by atoms with Gasteiger partial charge in [-0.05, 0) is 20.8 Å². The fourth-order valence-electron chi connectivity index (χ4n) is 0.790. The van der Waals surface area contributed by atoms with Gasteiger partial charge in [0.1, 0.15) is 0 Å². The van der Waals surface area contributed by atoms with Gasteiger partial charge < -0.3 is 4.90 Å². The second-order valence-corrected chi connectivity index (χ2v) is 4.24. The van der Waals surface area contributed by atoms with Crippen molar-refractivity contribution < 1.29 is 18.0 Å². The first-order valence-corrected chi connectivity index (χ1v) is 4.37.